The molecule has 0 aromatic carbocycles. The van der Waals surface area contributed by atoms with E-state index in [0.29, 0.717) is 6.00 Å². The molecule has 1 nitrogen and oxygen atoms in total. The van der Waals surface area contributed by atoms with Gasteiger partial charge in [0.25, 0.3) is 0 Å². The Bertz CT molecular complexity index is 314. The lowest BCUT2D eigenvalue weighted by Crippen LogP contribution is -2.12. The van der Waals surface area contributed by atoms with Gasteiger partial charge in [-0.3, -0.25) is 0 Å². The number of hydrogen-bond donors (Lipinski definition) is 1. The van der Waals surface area contributed by atoms with Crippen molar-refractivity contribution in [3.63, 3.8) is 0 Å². The lowest BCUT2D eigenvalue weighted by atomic mass is 10.0. The minimum absolute atomic E-state index is 0.597. The SMILES string of the molecule is CCCCCCCCCCCCCCCCCCCCCCCCCCCCCCCCNCCl. The molecular weight excluding hydrogens is 446 g/mol. The van der Waals surface area contributed by atoms with Crippen LogP contribution in [-0.2, 0) is 0 Å². The second kappa shape index (κ2) is 34.2. The third-order valence-electron chi connectivity index (χ3n) is 7.80. The van der Waals surface area contributed by atoms with E-state index in [2.05, 4.69) is 12.2 Å². The average molecular weight is 514 g/mol. The van der Waals surface area contributed by atoms with Crippen LogP contribution in [0, 0.1) is 0 Å². The zero-order valence-electron chi connectivity index (χ0n) is 24.5. The second-order valence-electron chi connectivity index (χ2n) is 11.4. The third-order valence-corrected chi connectivity index (χ3v) is 7.99. The third kappa shape index (κ3) is 34.2. The number of unbranched alkanes of at least 4 members (excludes halogenated alkanes) is 29. The van der Waals surface area contributed by atoms with Gasteiger partial charge in [0, 0.05) is 0 Å². The summed E-state index contributed by atoms with van der Waals surface area (Å²) in [5.74, 6) is 0. The van der Waals surface area contributed by atoms with Crippen molar-refractivity contribution in [3.05, 3.63) is 0 Å². The molecule has 0 unspecified atom stereocenters. The van der Waals surface area contributed by atoms with E-state index in [9.17, 15) is 0 Å². The smallest absolute Gasteiger partial charge is 0.0713 e. The maximum Gasteiger partial charge on any atom is 0.0713 e. The lowest BCUT2D eigenvalue weighted by Gasteiger charge is -2.05. The topological polar surface area (TPSA) is 12.0 Å². The van der Waals surface area contributed by atoms with Gasteiger partial charge in [-0.05, 0) is 13.0 Å². The Balaban J connectivity index is 3.00. The Morgan fingerprint density at radius 2 is 0.514 bits per heavy atom. The van der Waals surface area contributed by atoms with Crippen molar-refractivity contribution < 1.29 is 0 Å². The molecule has 0 heterocycles. The van der Waals surface area contributed by atoms with Crippen molar-refractivity contribution in [2.24, 2.45) is 0 Å². The normalized spacial score (nSPS) is 11.5. The fourth-order valence-corrected chi connectivity index (χ4v) is 5.47. The van der Waals surface area contributed by atoms with E-state index < -0.39 is 0 Å². The van der Waals surface area contributed by atoms with Crippen LogP contribution in [0.3, 0.4) is 0 Å². The molecule has 0 aliphatic heterocycles. The van der Waals surface area contributed by atoms with Crippen LogP contribution in [-0.4, -0.2) is 12.5 Å². The highest BCUT2D eigenvalue weighted by atomic mass is 35.5. The zero-order chi connectivity index (χ0) is 25.3. The number of alkyl halides is 1. The number of nitrogens with one attached hydrogen (secondary N) is 1. The van der Waals surface area contributed by atoms with Gasteiger partial charge in [0.2, 0.25) is 0 Å². The van der Waals surface area contributed by atoms with Crippen LogP contribution < -0.4 is 5.32 Å². The summed E-state index contributed by atoms with van der Waals surface area (Å²) in [6.07, 6.45) is 43.8. The Kier molecular flexibility index (Phi) is 34.5. The predicted molar refractivity (Wildman–Crippen MR) is 163 cm³/mol. The maximum atomic E-state index is 5.61. The highest BCUT2D eigenvalue weighted by molar-refractivity contribution is 6.17. The van der Waals surface area contributed by atoms with Crippen molar-refractivity contribution in [2.45, 2.75) is 200 Å². The molecule has 0 bridgehead atoms. The molecule has 2 heteroatoms. The van der Waals surface area contributed by atoms with Gasteiger partial charge >= 0.3 is 0 Å². The van der Waals surface area contributed by atoms with Crippen LogP contribution in [0.25, 0.3) is 0 Å². The van der Waals surface area contributed by atoms with Gasteiger partial charge in [-0.2, -0.15) is 0 Å². The van der Waals surface area contributed by atoms with Crippen LogP contribution in [0.15, 0.2) is 0 Å². The van der Waals surface area contributed by atoms with Gasteiger partial charge < -0.3 is 5.32 Å². The zero-order valence-corrected chi connectivity index (χ0v) is 25.3. The Hall–Kier alpha value is 0.250. The molecule has 35 heavy (non-hydrogen) atoms. The van der Waals surface area contributed by atoms with Crippen molar-refractivity contribution in [2.75, 3.05) is 12.5 Å². The van der Waals surface area contributed by atoms with Crippen molar-refractivity contribution in [3.8, 4) is 0 Å². The molecule has 0 radical (unpaired) electrons. The molecule has 0 rings (SSSR count). The van der Waals surface area contributed by atoms with Crippen LogP contribution in [0.1, 0.15) is 200 Å². The van der Waals surface area contributed by atoms with Crippen LogP contribution in [0.4, 0.5) is 0 Å². The van der Waals surface area contributed by atoms with E-state index in [1.807, 2.05) is 0 Å². The predicted octanol–water partition coefficient (Wildman–Crippen LogP) is 12.5. The first-order chi connectivity index (χ1) is 17.4. The van der Waals surface area contributed by atoms with Crippen LogP contribution in [0.2, 0.25) is 0 Å². The molecule has 0 aliphatic carbocycles. The Morgan fingerprint density at radius 1 is 0.314 bits per heavy atom. The summed E-state index contributed by atoms with van der Waals surface area (Å²) in [7, 11) is 0. The van der Waals surface area contributed by atoms with E-state index in [1.54, 1.807) is 0 Å². The summed E-state index contributed by atoms with van der Waals surface area (Å²) >= 11 is 5.61. The van der Waals surface area contributed by atoms with E-state index in [4.69, 9.17) is 11.6 Å². The lowest BCUT2D eigenvalue weighted by molar-refractivity contribution is 0.512. The highest BCUT2D eigenvalue weighted by Crippen LogP contribution is 2.16. The molecule has 0 aromatic rings. The summed E-state index contributed by atoms with van der Waals surface area (Å²) in [6, 6.07) is 0.597. The Morgan fingerprint density at radius 3 is 0.714 bits per heavy atom. The maximum absolute atomic E-state index is 5.61. The minimum atomic E-state index is 0.597. The van der Waals surface area contributed by atoms with Gasteiger partial charge in [-0.25, -0.2) is 0 Å². The van der Waals surface area contributed by atoms with Crippen molar-refractivity contribution in [1.29, 1.82) is 0 Å². The summed E-state index contributed by atoms with van der Waals surface area (Å²) in [6.45, 7) is 3.39. The first kappa shape index (κ1) is 35.2. The Labute approximate surface area is 228 Å². The largest absolute Gasteiger partial charge is 0.304 e. The highest BCUT2D eigenvalue weighted by Gasteiger charge is 1.97. The summed E-state index contributed by atoms with van der Waals surface area (Å²) in [4.78, 5) is 0. The number of rotatable bonds is 32. The molecule has 0 spiro atoms. The molecule has 0 atom stereocenters. The number of hydrogen-bond acceptors (Lipinski definition) is 1. The van der Waals surface area contributed by atoms with E-state index >= 15 is 0 Å². The standard InChI is InChI=1S/C33H68ClN/c1-2-3-4-5-6-7-8-9-10-11-12-13-14-15-16-17-18-19-20-21-22-23-24-25-26-27-28-29-30-31-32-35-33-34/h35H,2-33H2,1H3. The fraction of sp³-hybridized carbons (Fsp3) is 1.00. The molecule has 212 valence electrons. The van der Waals surface area contributed by atoms with Gasteiger partial charge in [-0.15, -0.1) is 11.6 Å². The van der Waals surface area contributed by atoms with Crippen LogP contribution >= 0.6 is 11.6 Å². The summed E-state index contributed by atoms with van der Waals surface area (Å²) < 4.78 is 0. The molecule has 0 aromatic heterocycles. The summed E-state index contributed by atoms with van der Waals surface area (Å²) in [5.41, 5.74) is 0. The minimum Gasteiger partial charge on any atom is -0.304 e. The first-order valence-corrected chi connectivity index (χ1v) is 17.2. The molecule has 0 saturated heterocycles. The van der Waals surface area contributed by atoms with E-state index in [1.165, 1.54) is 193 Å². The summed E-state index contributed by atoms with van der Waals surface area (Å²) in [5, 5.41) is 3.19. The van der Waals surface area contributed by atoms with Gasteiger partial charge in [0.1, 0.15) is 0 Å². The van der Waals surface area contributed by atoms with E-state index in [-0.39, 0.29) is 0 Å². The second-order valence-corrected chi connectivity index (χ2v) is 11.7. The fourth-order valence-electron chi connectivity index (χ4n) is 5.34. The number of halogens is 1. The van der Waals surface area contributed by atoms with Gasteiger partial charge in [0.05, 0.1) is 6.00 Å². The first-order valence-electron chi connectivity index (χ1n) is 16.7. The molecule has 0 saturated carbocycles. The van der Waals surface area contributed by atoms with Crippen LogP contribution in [0.5, 0.6) is 0 Å². The van der Waals surface area contributed by atoms with Gasteiger partial charge in [-0.1, -0.05) is 193 Å². The van der Waals surface area contributed by atoms with E-state index in [0.717, 1.165) is 6.54 Å². The molecule has 0 amide bonds. The molecule has 0 aliphatic rings. The van der Waals surface area contributed by atoms with Gasteiger partial charge in [0.15, 0.2) is 0 Å². The quantitative estimate of drug-likeness (QED) is 0.0535. The molecule has 0 fully saturated rings. The molecule has 1 N–H and O–H groups in total. The van der Waals surface area contributed by atoms with Crippen molar-refractivity contribution in [1.82, 2.24) is 5.32 Å². The monoisotopic (exact) mass is 514 g/mol. The molecular formula is C33H68ClN. The van der Waals surface area contributed by atoms with Crippen molar-refractivity contribution >= 4 is 11.6 Å². The average Bonchev–Trinajstić information content (AvgIpc) is 2.87.